The molecule has 0 aliphatic carbocycles. The van der Waals surface area contributed by atoms with Crippen molar-refractivity contribution in [2.75, 3.05) is 24.3 Å². The van der Waals surface area contributed by atoms with Gasteiger partial charge >= 0.3 is 6.18 Å². The van der Waals surface area contributed by atoms with E-state index in [-0.39, 0.29) is 17.1 Å². The minimum atomic E-state index is -4.59. The summed E-state index contributed by atoms with van der Waals surface area (Å²) >= 11 is 0. The molecular weight excluding hydrogens is 337 g/mol. The van der Waals surface area contributed by atoms with Gasteiger partial charge in [-0.15, -0.1) is 0 Å². The van der Waals surface area contributed by atoms with Crippen molar-refractivity contribution in [3.8, 4) is 0 Å². The fraction of sp³-hybridized carbons (Fsp3) is 0.533. The fourth-order valence-corrected chi connectivity index (χ4v) is 2.78. The zero-order valence-electron chi connectivity index (χ0n) is 14.1. The number of nitrogen functional groups attached to an aromatic ring is 1. The Morgan fingerprint density at radius 1 is 1.28 bits per heavy atom. The smallest absolute Gasteiger partial charge is 0.383 e. The van der Waals surface area contributed by atoms with Gasteiger partial charge in [0.15, 0.2) is 0 Å². The Kier molecular flexibility index (Phi) is 4.10. The molecular formula is C15H19F3N6O. The second kappa shape index (κ2) is 5.87. The zero-order valence-corrected chi connectivity index (χ0v) is 14.1. The van der Waals surface area contributed by atoms with Gasteiger partial charge in [0.2, 0.25) is 5.95 Å². The molecule has 0 amide bonds. The van der Waals surface area contributed by atoms with Gasteiger partial charge in [-0.1, -0.05) is 6.92 Å². The van der Waals surface area contributed by atoms with Crippen LogP contribution in [0.5, 0.6) is 0 Å². The first-order valence-electron chi connectivity index (χ1n) is 7.67. The van der Waals surface area contributed by atoms with Gasteiger partial charge in [-0.05, 0) is 13.8 Å². The molecule has 3 rings (SSSR count). The van der Waals surface area contributed by atoms with Crippen LogP contribution in [0.1, 0.15) is 23.9 Å². The van der Waals surface area contributed by atoms with Crippen molar-refractivity contribution in [1.29, 1.82) is 0 Å². The number of nitrogens with one attached hydrogen (secondary N) is 1. The number of aryl methyl sites for hydroxylation is 2. The molecule has 2 aromatic rings. The molecule has 0 bridgehead atoms. The lowest BCUT2D eigenvalue weighted by Crippen LogP contribution is -2.43. The predicted octanol–water partition coefficient (Wildman–Crippen LogP) is 2.67. The predicted molar refractivity (Wildman–Crippen MR) is 85.4 cm³/mol. The molecule has 0 saturated carbocycles. The third kappa shape index (κ3) is 3.53. The molecule has 2 aromatic heterocycles. The Morgan fingerprint density at radius 2 is 1.96 bits per heavy atom. The molecule has 1 aliphatic rings. The quantitative estimate of drug-likeness (QED) is 0.875. The van der Waals surface area contributed by atoms with Crippen molar-refractivity contribution in [2.24, 2.45) is 5.41 Å². The second-order valence-electron chi connectivity index (χ2n) is 6.64. The summed E-state index contributed by atoms with van der Waals surface area (Å²) in [4.78, 5) is 7.60. The van der Waals surface area contributed by atoms with Crippen LogP contribution in [0.15, 0.2) is 6.20 Å². The minimum absolute atomic E-state index is 0.00355. The maximum atomic E-state index is 12.9. The van der Waals surface area contributed by atoms with Gasteiger partial charge in [0, 0.05) is 11.6 Å². The lowest BCUT2D eigenvalue weighted by atomic mass is 9.89. The van der Waals surface area contributed by atoms with E-state index < -0.39 is 17.6 Å². The highest BCUT2D eigenvalue weighted by molar-refractivity contribution is 5.58. The summed E-state index contributed by atoms with van der Waals surface area (Å²) in [5.74, 6) is -0.601. The second-order valence-corrected chi connectivity index (χ2v) is 6.64. The van der Waals surface area contributed by atoms with Gasteiger partial charge in [0.25, 0.3) is 0 Å². The number of aromatic nitrogens is 4. The third-order valence-corrected chi connectivity index (χ3v) is 4.04. The van der Waals surface area contributed by atoms with E-state index in [0.29, 0.717) is 31.1 Å². The monoisotopic (exact) mass is 356 g/mol. The first kappa shape index (κ1) is 17.5. The van der Waals surface area contributed by atoms with E-state index in [2.05, 4.69) is 27.3 Å². The van der Waals surface area contributed by atoms with E-state index in [9.17, 15) is 13.2 Å². The molecule has 3 N–H and O–H groups in total. The van der Waals surface area contributed by atoms with Gasteiger partial charge in [0.1, 0.15) is 11.4 Å². The van der Waals surface area contributed by atoms with Crippen molar-refractivity contribution >= 4 is 17.5 Å². The summed E-state index contributed by atoms with van der Waals surface area (Å²) in [5.41, 5.74) is 5.57. The number of ether oxygens (including phenoxy) is 1. The molecule has 0 atom stereocenters. The van der Waals surface area contributed by atoms with Crippen LogP contribution in [0.3, 0.4) is 0 Å². The summed E-state index contributed by atoms with van der Waals surface area (Å²) < 4.78 is 45.8. The fourth-order valence-electron chi connectivity index (χ4n) is 2.78. The molecule has 136 valence electrons. The lowest BCUT2D eigenvalue weighted by Gasteiger charge is -2.37. The maximum absolute atomic E-state index is 12.9. The van der Waals surface area contributed by atoms with Crippen LogP contribution in [0, 0.1) is 19.3 Å². The van der Waals surface area contributed by atoms with E-state index in [1.807, 2.05) is 0 Å². The molecule has 0 spiro atoms. The molecule has 3 heterocycles. The van der Waals surface area contributed by atoms with Crippen LogP contribution < -0.4 is 11.1 Å². The number of alkyl halides is 3. The summed E-state index contributed by atoms with van der Waals surface area (Å²) in [5, 5.41) is 7.30. The topological polar surface area (TPSA) is 90.9 Å². The number of nitrogens with two attached hydrogens (primary N) is 1. The average Bonchev–Trinajstić information content (AvgIpc) is 2.74. The van der Waals surface area contributed by atoms with E-state index in [4.69, 9.17) is 10.5 Å². The van der Waals surface area contributed by atoms with Gasteiger partial charge in [-0.3, -0.25) is 4.68 Å². The van der Waals surface area contributed by atoms with Crippen LogP contribution in [-0.4, -0.2) is 33.0 Å². The summed E-state index contributed by atoms with van der Waals surface area (Å²) in [6.45, 7) is 7.17. The Bertz CT molecular complexity index is 774. The number of rotatable bonds is 4. The molecule has 10 heteroatoms. The zero-order chi connectivity index (χ0) is 18.4. The van der Waals surface area contributed by atoms with Crippen molar-refractivity contribution in [1.82, 2.24) is 19.7 Å². The Balaban J connectivity index is 1.82. The first-order valence-corrected chi connectivity index (χ1v) is 7.67. The molecule has 0 aromatic carbocycles. The average molecular weight is 356 g/mol. The number of halogens is 3. The number of nitrogens with zero attached hydrogens (tertiary/aromatic N) is 4. The van der Waals surface area contributed by atoms with Crippen molar-refractivity contribution in [2.45, 2.75) is 33.5 Å². The van der Waals surface area contributed by atoms with E-state index >= 15 is 0 Å². The molecule has 7 nitrogen and oxygen atoms in total. The highest BCUT2D eigenvalue weighted by atomic mass is 19.4. The van der Waals surface area contributed by atoms with Crippen molar-refractivity contribution < 1.29 is 17.9 Å². The molecule has 1 fully saturated rings. The van der Waals surface area contributed by atoms with E-state index in [1.54, 1.807) is 17.8 Å². The Morgan fingerprint density at radius 3 is 2.48 bits per heavy atom. The van der Waals surface area contributed by atoms with Crippen LogP contribution in [-0.2, 0) is 17.5 Å². The largest absolute Gasteiger partial charge is 0.421 e. The standard InChI is InChI=1S/C15H19F3N6O/c1-8-10(4-24(23-8)5-14(3)6-25-7-14)21-13-20-9(2)11(12(19)22-13)15(16,17)18/h4H,5-7H2,1-3H3,(H3,19,20,21,22). The van der Waals surface area contributed by atoms with Crippen molar-refractivity contribution in [3.05, 3.63) is 23.1 Å². The van der Waals surface area contributed by atoms with Crippen LogP contribution >= 0.6 is 0 Å². The molecule has 0 unspecified atom stereocenters. The van der Waals surface area contributed by atoms with Crippen LogP contribution in [0.2, 0.25) is 0 Å². The van der Waals surface area contributed by atoms with Gasteiger partial charge < -0.3 is 15.8 Å². The summed E-state index contributed by atoms with van der Waals surface area (Å²) in [6.07, 6.45) is -2.82. The maximum Gasteiger partial charge on any atom is 0.421 e. The minimum Gasteiger partial charge on any atom is -0.383 e. The lowest BCUT2D eigenvalue weighted by molar-refractivity contribution is -0.137. The van der Waals surface area contributed by atoms with E-state index in [0.717, 1.165) is 0 Å². The van der Waals surface area contributed by atoms with Crippen LogP contribution in [0.4, 0.5) is 30.6 Å². The first-order chi connectivity index (χ1) is 11.6. The number of anilines is 3. The molecule has 1 aliphatic heterocycles. The SMILES string of the molecule is Cc1nn(CC2(C)COC2)cc1Nc1nc(C)c(C(F)(F)F)c(N)n1. The number of hydrogen-bond acceptors (Lipinski definition) is 6. The van der Waals surface area contributed by atoms with Gasteiger partial charge in [-0.2, -0.15) is 23.3 Å². The molecule has 0 radical (unpaired) electrons. The van der Waals surface area contributed by atoms with Crippen molar-refractivity contribution in [3.63, 3.8) is 0 Å². The Hall–Kier alpha value is -2.36. The highest BCUT2D eigenvalue weighted by Gasteiger charge is 2.37. The van der Waals surface area contributed by atoms with E-state index in [1.165, 1.54) is 6.92 Å². The normalized spacial score (nSPS) is 16.6. The molecule has 25 heavy (non-hydrogen) atoms. The van der Waals surface area contributed by atoms with Gasteiger partial charge in [0.05, 0.1) is 36.8 Å². The third-order valence-electron chi connectivity index (χ3n) is 4.04. The van der Waals surface area contributed by atoms with Gasteiger partial charge in [-0.25, -0.2) is 4.98 Å². The summed E-state index contributed by atoms with van der Waals surface area (Å²) in [6, 6.07) is 0. The Labute approximate surface area is 142 Å². The number of hydrogen-bond donors (Lipinski definition) is 2. The summed E-state index contributed by atoms with van der Waals surface area (Å²) in [7, 11) is 0. The highest BCUT2D eigenvalue weighted by Crippen LogP contribution is 2.35. The molecule has 1 saturated heterocycles. The van der Waals surface area contributed by atoms with Crippen LogP contribution in [0.25, 0.3) is 0 Å².